The SMILES string of the molecule is Cc1cc(C)c(C2(CN)CCCC2)cc1C. The predicted molar refractivity (Wildman–Crippen MR) is 69.9 cm³/mol. The van der Waals surface area contributed by atoms with E-state index in [4.69, 9.17) is 5.73 Å². The van der Waals surface area contributed by atoms with Gasteiger partial charge >= 0.3 is 0 Å². The highest BCUT2D eigenvalue weighted by Crippen LogP contribution is 2.42. The zero-order chi connectivity index (χ0) is 11.8. The van der Waals surface area contributed by atoms with Gasteiger partial charge in [0, 0.05) is 12.0 Å². The van der Waals surface area contributed by atoms with Crippen molar-refractivity contribution in [3.8, 4) is 0 Å². The van der Waals surface area contributed by atoms with Crippen molar-refractivity contribution in [2.24, 2.45) is 5.73 Å². The highest BCUT2D eigenvalue weighted by molar-refractivity contribution is 5.41. The van der Waals surface area contributed by atoms with Crippen LogP contribution in [0.3, 0.4) is 0 Å². The average molecular weight is 217 g/mol. The van der Waals surface area contributed by atoms with Gasteiger partial charge in [-0.25, -0.2) is 0 Å². The van der Waals surface area contributed by atoms with E-state index in [9.17, 15) is 0 Å². The van der Waals surface area contributed by atoms with E-state index in [2.05, 4.69) is 32.9 Å². The first kappa shape index (κ1) is 11.7. The number of benzene rings is 1. The van der Waals surface area contributed by atoms with Crippen molar-refractivity contribution in [3.05, 3.63) is 34.4 Å². The summed E-state index contributed by atoms with van der Waals surface area (Å²) >= 11 is 0. The van der Waals surface area contributed by atoms with Crippen molar-refractivity contribution in [2.45, 2.75) is 51.9 Å². The minimum atomic E-state index is 0.280. The van der Waals surface area contributed by atoms with Crippen molar-refractivity contribution in [3.63, 3.8) is 0 Å². The first-order valence-electron chi connectivity index (χ1n) is 6.37. The van der Waals surface area contributed by atoms with E-state index in [-0.39, 0.29) is 5.41 Å². The number of nitrogens with two attached hydrogens (primary N) is 1. The van der Waals surface area contributed by atoms with Crippen molar-refractivity contribution < 1.29 is 0 Å². The molecule has 0 unspecified atom stereocenters. The van der Waals surface area contributed by atoms with E-state index in [1.54, 1.807) is 0 Å². The lowest BCUT2D eigenvalue weighted by Crippen LogP contribution is -2.33. The van der Waals surface area contributed by atoms with Crippen molar-refractivity contribution in [1.29, 1.82) is 0 Å². The summed E-state index contributed by atoms with van der Waals surface area (Å²) in [6.07, 6.45) is 5.22. The lowest BCUT2D eigenvalue weighted by molar-refractivity contribution is 0.450. The molecule has 0 aromatic heterocycles. The summed E-state index contributed by atoms with van der Waals surface area (Å²) in [4.78, 5) is 0. The Morgan fingerprint density at radius 2 is 1.56 bits per heavy atom. The summed E-state index contributed by atoms with van der Waals surface area (Å²) in [5.74, 6) is 0. The lowest BCUT2D eigenvalue weighted by Gasteiger charge is -2.30. The van der Waals surface area contributed by atoms with Gasteiger partial charge in [-0.3, -0.25) is 0 Å². The molecule has 0 atom stereocenters. The van der Waals surface area contributed by atoms with Gasteiger partial charge in [-0.1, -0.05) is 25.0 Å². The van der Waals surface area contributed by atoms with E-state index < -0.39 is 0 Å². The van der Waals surface area contributed by atoms with Gasteiger partial charge < -0.3 is 5.73 Å². The van der Waals surface area contributed by atoms with Gasteiger partial charge in [0.15, 0.2) is 0 Å². The molecule has 0 heterocycles. The first-order chi connectivity index (χ1) is 7.59. The molecule has 0 amide bonds. The Bertz CT molecular complexity index is 387. The first-order valence-corrected chi connectivity index (χ1v) is 6.37. The van der Waals surface area contributed by atoms with Crippen LogP contribution in [0.5, 0.6) is 0 Å². The van der Waals surface area contributed by atoms with E-state index in [1.165, 1.54) is 47.9 Å². The molecule has 2 rings (SSSR count). The van der Waals surface area contributed by atoms with Gasteiger partial charge in [0.25, 0.3) is 0 Å². The predicted octanol–water partition coefficient (Wildman–Crippen LogP) is 3.38. The standard InChI is InChI=1S/C15H23N/c1-11-8-13(3)14(9-12(11)2)15(10-16)6-4-5-7-15/h8-9H,4-7,10,16H2,1-3H3. The van der Waals surface area contributed by atoms with Crippen molar-refractivity contribution in [2.75, 3.05) is 6.54 Å². The molecule has 1 aliphatic rings. The summed E-state index contributed by atoms with van der Waals surface area (Å²) in [5.41, 5.74) is 12.1. The quantitative estimate of drug-likeness (QED) is 0.807. The molecule has 16 heavy (non-hydrogen) atoms. The summed E-state index contributed by atoms with van der Waals surface area (Å²) < 4.78 is 0. The third-order valence-electron chi connectivity index (χ3n) is 4.36. The fourth-order valence-electron chi connectivity index (χ4n) is 3.17. The van der Waals surface area contributed by atoms with Gasteiger partial charge in [-0.2, -0.15) is 0 Å². The molecule has 1 heteroatoms. The Morgan fingerprint density at radius 3 is 2.12 bits per heavy atom. The maximum absolute atomic E-state index is 6.06. The minimum Gasteiger partial charge on any atom is -0.330 e. The van der Waals surface area contributed by atoms with Crippen LogP contribution in [-0.4, -0.2) is 6.54 Å². The van der Waals surface area contributed by atoms with Gasteiger partial charge in [0.1, 0.15) is 0 Å². The van der Waals surface area contributed by atoms with Gasteiger partial charge in [0.05, 0.1) is 0 Å². The minimum absolute atomic E-state index is 0.280. The Labute approximate surface area is 99.0 Å². The summed E-state index contributed by atoms with van der Waals surface area (Å²) in [7, 11) is 0. The number of aryl methyl sites for hydroxylation is 3. The second kappa shape index (κ2) is 4.21. The van der Waals surface area contributed by atoms with Crippen LogP contribution in [0.4, 0.5) is 0 Å². The molecule has 88 valence electrons. The molecule has 2 N–H and O–H groups in total. The third kappa shape index (κ3) is 1.78. The molecular formula is C15H23N. The maximum Gasteiger partial charge on any atom is 0.00782 e. The molecule has 1 aliphatic carbocycles. The van der Waals surface area contributed by atoms with Crippen LogP contribution in [0.2, 0.25) is 0 Å². The van der Waals surface area contributed by atoms with Crippen LogP contribution in [0, 0.1) is 20.8 Å². The Kier molecular flexibility index (Phi) is 3.07. The van der Waals surface area contributed by atoms with Gasteiger partial charge in [-0.05, 0) is 55.9 Å². The second-order valence-corrected chi connectivity index (χ2v) is 5.44. The largest absolute Gasteiger partial charge is 0.330 e. The van der Waals surface area contributed by atoms with Crippen molar-refractivity contribution >= 4 is 0 Å². The van der Waals surface area contributed by atoms with Gasteiger partial charge in [0.2, 0.25) is 0 Å². The number of hydrogen-bond acceptors (Lipinski definition) is 1. The van der Waals surface area contributed by atoms with Crippen LogP contribution < -0.4 is 5.73 Å². The van der Waals surface area contributed by atoms with Crippen LogP contribution in [0.25, 0.3) is 0 Å². The molecule has 1 fully saturated rings. The molecular weight excluding hydrogens is 194 g/mol. The van der Waals surface area contributed by atoms with Crippen molar-refractivity contribution in [1.82, 2.24) is 0 Å². The van der Waals surface area contributed by atoms with Crippen LogP contribution >= 0.6 is 0 Å². The molecule has 1 nitrogen and oxygen atoms in total. The smallest absolute Gasteiger partial charge is 0.00782 e. The molecule has 0 saturated heterocycles. The van der Waals surface area contributed by atoms with Crippen LogP contribution in [-0.2, 0) is 5.41 Å². The fourth-order valence-corrected chi connectivity index (χ4v) is 3.17. The number of rotatable bonds is 2. The second-order valence-electron chi connectivity index (χ2n) is 5.44. The summed E-state index contributed by atoms with van der Waals surface area (Å²) in [6, 6.07) is 4.70. The van der Waals surface area contributed by atoms with E-state index in [1.807, 2.05) is 0 Å². The highest BCUT2D eigenvalue weighted by Gasteiger charge is 2.35. The molecule has 1 aromatic carbocycles. The van der Waals surface area contributed by atoms with Gasteiger partial charge in [-0.15, -0.1) is 0 Å². The topological polar surface area (TPSA) is 26.0 Å². The molecule has 0 aliphatic heterocycles. The fraction of sp³-hybridized carbons (Fsp3) is 0.600. The summed E-state index contributed by atoms with van der Waals surface area (Å²) in [6.45, 7) is 7.43. The molecule has 1 aromatic rings. The maximum atomic E-state index is 6.06. The summed E-state index contributed by atoms with van der Waals surface area (Å²) in [5, 5.41) is 0. The zero-order valence-electron chi connectivity index (χ0n) is 10.8. The highest BCUT2D eigenvalue weighted by atomic mass is 14.6. The Morgan fingerprint density at radius 1 is 1.00 bits per heavy atom. The van der Waals surface area contributed by atoms with E-state index in [0.29, 0.717) is 0 Å². The monoisotopic (exact) mass is 217 g/mol. The molecule has 0 radical (unpaired) electrons. The third-order valence-corrected chi connectivity index (χ3v) is 4.36. The molecule has 0 bridgehead atoms. The van der Waals surface area contributed by atoms with E-state index in [0.717, 1.165) is 6.54 Å². The lowest BCUT2D eigenvalue weighted by atomic mass is 9.76. The zero-order valence-corrected chi connectivity index (χ0v) is 10.8. The van der Waals surface area contributed by atoms with Crippen LogP contribution in [0.15, 0.2) is 12.1 Å². The normalized spacial score (nSPS) is 19.0. The Hall–Kier alpha value is -0.820. The average Bonchev–Trinajstić information content (AvgIpc) is 2.73. The Balaban J connectivity index is 2.50. The molecule has 0 spiro atoms. The van der Waals surface area contributed by atoms with E-state index >= 15 is 0 Å². The van der Waals surface area contributed by atoms with Crippen LogP contribution in [0.1, 0.15) is 47.9 Å². The number of hydrogen-bond donors (Lipinski definition) is 1. The molecule has 1 saturated carbocycles.